The summed E-state index contributed by atoms with van der Waals surface area (Å²) in [5.74, 6) is 2.09. The van der Waals surface area contributed by atoms with E-state index in [4.69, 9.17) is 0 Å². The Balaban J connectivity index is 1.65. The molecule has 3 heterocycles. The van der Waals surface area contributed by atoms with E-state index in [-0.39, 0.29) is 0 Å². The van der Waals surface area contributed by atoms with Gasteiger partial charge in [-0.15, -0.1) is 0 Å². The molecule has 2 aliphatic rings. The van der Waals surface area contributed by atoms with Crippen molar-refractivity contribution >= 4 is 11.6 Å². The molecular weight excluding hydrogens is 212 g/mol. The van der Waals surface area contributed by atoms with E-state index in [1.807, 2.05) is 0 Å². The number of anilines is 2. The zero-order valence-corrected chi connectivity index (χ0v) is 10.4. The van der Waals surface area contributed by atoms with Gasteiger partial charge in [-0.1, -0.05) is 6.07 Å². The lowest BCUT2D eigenvalue weighted by molar-refractivity contribution is 0.263. The maximum Gasteiger partial charge on any atom is 0.131 e. The van der Waals surface area contributed by atoms with Gasteiger partial charge in [-0.3, -0.25) is 0 Å². The van der Waals surface area contributed by atoms with E-state index in [1.165, 1.54) is 31.5 Å². The highest BCUT2D eigenvalue weighted by atomic mass is 15.1. The Morgan fingerprint density at radius 3 is 3.00 bits per heavy atom. The molecule has 4 heteroatoms. The lowest BCUT2D eigenvalue weighted by atomic mass is 10.1. The number of hydrogen-bond acceptors (Lipinski definition) is 4. The minimum absolute atomic E-state index is 0.582. The molecule has 0 unspecified atom stereocenters. The maximum atomic E-state index is 4.63. The predicted molar refractivity (Wildman–Crippen MR) is 70.6 cm³/mol. The van der Waals surface area contributed by atoms with Gasteiger partial charge in [0, 0.05) is 12.6 Å². The van der Waals surface area contributed by atoms with Crippen molar-refractivity contribution in [1.29, 1.82) is 0 Å². The fourth-order valence-corrected chi connectivity index (χ4v) is 2.60. The second-order valence-electron chi connectivity index (χ2n) is 5.10. The summed E-state index contributed by atoms with van der Waals surface area (Å²) in [7, 11) is 2.19. The normalized spacial score (nSPS) is 21.0. The number of nitrogens with one attached hydrogen (secondary N) is 2. The van der Waals surface area contributed by atoms with Crippen molar-refractivity contribution in [3.63, 3.8) is 0 Å². The third kappa shape index (κ3) is 2.36. The standard InChI is InChI=1S/C13H20N4/c1-17-8-5-11(6-9-17)15-12-3-2-10-4-7-14-13(10)16-12/h2-3,11H,4-9H2,1H3,(H2,14,15,16). The fraction of sp³-hybridized carbons (Fsp3) is 0.615. The first-order valence-electron chi connectivity index (χ1n) is 6.50. The second kappa shape index (κ2) is 4.53. The van der Waals surface area contributed by atoms with Gasteiger partial charge in [0.2, 0.25) is 0 Å². The third-order valence-corrected chi connectivity index (χ3v) is 3.74. The van der Waals surface area contributed by atoms with Crippen molar-refractivity contribution in [2.75, 3.05) is 37.3 Å². The largest absolute Gasteiger partial charge is 0.369 e. The molecule has 1 fully saturated rings. The highest BCUT2D eigenvalue weighted by molar-refractivity contribution is 5.54. The molecule has 0 atom stereocenters. The van der Waals surface area contributed by atoms with Crippen LogP contribution in [-0.4, -0.2) is 42.6 Å². The van der Waals surface area contributed by atoms with Crippen molar-refractivity contribution in [3.8, 4) is 0 Å². The van der Waals surface area contributed by atoms with E-state index < -0.39 is 0 Å². The molecule has 0 aromatic carbocycles. The molecule has 3 rings (SSSR count). The van der Waals surface area contributed by atoms with Crippen LogP contribution in [-0.2, 0) is 6.42 Å². The minimum atomic E-state index is 0.582. The summed E-state index contributed by atoms with van der Waals surface area (Å²) in [4.78, 5) is 7.02. The molecule has 0 bridgehead atoms. The number of pyridine rings is 1. The Kier molecular flexibility index (Phi) is 2.89. The van der Waals surface area contributed by atoms with E-state index in [0.717, 1.165) is 24.6 Å². The van der Waals surface area contributed by atoms with Gasteiger partial charge in [-0.25, -0.2) is 4.98 Å². The Morgan fingerprint density at radius 2 is 2.18 bits per heavy atom. The third-order valence-electron chi connectivity index (χ3n) is 3.74. The Hall–Kier alpha value is -1.29. The summed E-state index contributed by atoms with van der Waals surface area (Å²) in [6.45, 7) is 3.39. The summed E-state index contributed by atoms with van der Waals surface area (Å²) in [5.41, 5.74) is 1.35. The summed E-state index contributed by atoms with van der Waals surface area (Å²) < 4.78 is 0. The number of hydrogen-bond donors (Lipinski definition) is 2. The SMILES string of the molecule is CN1CCC(Nc2ccc3c(n2)NCC3)CC1. The zero-order chi connectivity index (χ0) is 11.7. The summed E-state index contributed by atoms with van der Waals surface area (Å²) in [6, 6.07) is 4.89. The van der Waals surface area contributed by atoms with E-state index >= 15 is 0 Å². The molecule has 0 radical (unpaired) electrons. The Bertz CT molecular complexity index is 396. The number of fused-ring (bicyclic) bond motifs is 1. The maximum absolute atomic E-state index is 4.63. The van der Waals surface area contributed by atoms with Crippen LogP contribution in [0.1, 0.15) is 18.4 Å². The average molecular weight is 232 g/mol. The first-order chi connectivity index (χ1) is 8.31. The van der Waals surface area contributed by atoms with Gasteiger partial charge < -0.3 is 15.5 Å². The van der Waals surface area contributed by atoms with Crippen molar-refractivity contribution in [3.05, 3.63) is 17.7 Å². The first kappa shape index (κ1) is 10.8. The van der Waals surface area contributed by atoms with Crippen molar-refractivity contribution in [2.45, 2.75) is 25.3 Å². The summed E-state index contributed by atoms with van der Waals surface area (Å²) in [5, 5.41) is 6.88. The number of likely N-dealkylation sites (tertiary alicyclic amines) is 1. The van der Waals surface area contributed by atoms with Gasteiger partial charge in [0.05, 0.1) is 0 Å². The van der Waals surface area contributed by atoms with Crippen molar-refractivity contribution in [2.24, 2.45) is 0 Å². The van der Waals surface area contributed by atoms with Gasteiger partial charge >= 0.3 is 0 Å². The molecule has 17 heavy (non-hydrogen) atoms. The van der Waals surface area contributed by atoms with Crippen LogP contribution in [0.4, 0.5) is 11.6 Å². The van der Waals surface area contributed by atoms with Crippen LogP contribution in [0.25, 0.3) is 0 Å². The molecule has 0 spiro atoms. The van der Waals surface area contributed by atoms with Crippen molar-refractivity contribution in [1.82, 2.24) is 9.88 Å². The molecule has 1 saturated heterocycles. The highest BCUT2D eigenvalue weighted by Crippen LogP contribution is 2.22. The number of nitrogens with zero attached hydrogens (tertiary/aromatic N) is 2. The smallest absolute Gasteiger partial charge is 0.131 e. The molecule has 0 amide bonds. The lowest BCUT2D eigenvalue weighted by Crippen LogP contribution is -2.36. The Labute approximate surface area is 102 Å². The quantitative estimate of drug-likeness (QED) is 0.812. The van der Waals surface area contributed by atoms with Crippen LogP contribution in [0.5, 0.6) is 0 Å². The molecule has 0 aliphatic carbocycles. The van der Waals surface area contributed by atoms with Gasteiger partial charge in [-0.2, -0.15) is 0 Å². The number of rotatable bonds is 2. The number of aromatic nitrogens is 1. The van der Waals surface area contributed by atoms with Crippen LogP contribution in [0.3, 0.4) is 0 Å². The van der Waals surface area contributed by atoms with E-state index in [0.29, 0.717) is 6.04 Å². The molecule has 0 saturated carbocycles. The van der Waals surface area contributed by atoms with E-state index in [1.54, 1.807) is 0 Å². The van der Waals surface area contributed by atoms with Crippen LogP contribution in [0.2, 0.25) is 0 Å². The topological polar surface area (TPSA) is 40.2 Å². The second-order valence-corrected chi connectivity index (χ2v) is 5.10. The van der Waals surface area contributed by atoms with Crippen LogP contribution in [0.15, 0.2) is 12.1 Å². The monoisotopic (exact) mass is 232 g/mol. The van der Waals surface area contributed by atoms with Crippen molar-refractivity contribution < 1.29 is 0 Å². The molecule has 92 valence electrons. The zero-order valence-electron chi connectivity index (χ0n) is 10.4. The first-order valence-corrected chi connectivity index (χ1v) is 6.50. The Morgan fingerprint density at radius 1 is 1.35 bits per heavy atom. The summed E-state index contributed by atoms with van der Waals surface area (Å²) >= 11 is 0. The average Bonchev–Trinajstić information content (AvgIpc) is 2.79. The molecule has 2 N–H and O–H groups in total. The van der Waals surface area contributed by atoms with Gasteiger partial charge in [0.25, 0.3) is 0 Å². The highest BCUT2D eigenvalue weighted by Gasteiger charge is 2.18. The van der Waals surface area contributed by atoms with Gasteiger partial charge in [0.15, 0.2) is 0 Å². The predicted octanol–water partition coefficient (Wildman–Crippen LogP) is 1.56. The van der Waals surface area contributed by atoms with Gasteiger partial charge in [0.1, 0.15) is 11.6 Å². The van der Waals surface area contributed by atoms with E-state index in [2.05, 4.69) is 39.7 Å². The summed E-state index contributed by atoms with van der Waals surface area (Å²) in [6.07, 6.45) is 3.53. The molecule has 4 nitrogen and oxygen atoms in total. The fourth-order valence-electron chi connectivity index (χ4n) is 2.60. The molecule has 1 aromatic rings. The van der Waals surface area contributed by atoms with Gasteiger partial charge in [-0.05, 0) is 51.0 Å². The van der Waals surface area contributed by atoms with Crippen LogP contribution in [0, 0.1) is 0 Å². The molecule has 1 aromatic heterocycles. The minimum Gasteiger partial charge on any atom is -0.369 e. The molecule has 2 aliphatic heterocycles. The van der Waals surface area contributed by atoms with Crippen LogP contribution < -0.4 is 10.6 Å². The van der Waals surface area contributed by atoms with E-state index in [9.17, 15) is 0 Å². The van der Waals surface area contributed by atoms with Crippen LogP contribution >= 0.6 is 0 Å². The number of piperidine rings is 1. The molecular formula is C13H20N4. The lowest BCUT2D eigenvalue weighted by Gasteiger charge is -2.29.